The van der Waals surface area contributed by atoms with Crippen LogP contribution < -0.4 is 4.80 Å². The summed E-state index contributed by atoms with van der Waals surface area (Å²) in [6.45, 7) is 0.802. The van der Waals surface area contributed by atoms with E-state index in [4.69, 9.17) is 4.99 Å². The molecular weight excluding hydrogens is 420 g/mol. The molecule has 4 aromatic rings. The van der Waals surface area contributed by atoms with Crippen molar-refractivity contribution in [3.05, 3.63) is 93.5 Å². The lowest BCUT2D eigenvalue weighted by Crippen LogP contribution is -2.17. The van der Waals surface area contributed by atoms with Gasteiger partial charge in [0.2, 0.25) is 0 Å². The van der Waals surface area contributed by atoms with Crippen LogP contribution in [-0.4, -0.2) is 14.5 Å². The summed E-state index contributed by atoms with van der Waals surface area (Å²) in [6.07, 6.45) is 6.22. The normalized spacial score (nSPS) is 11.7. The van der Waals surface area contributed by atoms with Gasteiger partial charge in [0.25, 0.3) is 0 Å². The summed E-state index contributed by atoms with van der Waals surface area (Å²) in [4.78, 5) is 14.4. The second-order valence-corrected chi connectivity index (χ2v) is 7.62. The van der Waals surface area contributed by atoms with Crippen molar-refractivity contribution >= 4 is 33.0 Å². The van der Waals surface area contributed by atoms with Gasteiger partial charge in [-0.2, -0.15) is 0 Å². The van der Waals surface area contributed by atoms with Gasteiger partial charge >= 0.3 is 0 Å². The van der Waals surface area contributed by atoms with Crippen LogP contribution in [0.5, 0.6) is 0 Å². The quantitative estimate of drug-likeness (QED) is 0.428. The van der Waals surface area contributed by atoms with Gasteiger partial charge in [0.05, 0.1) is 17.6 Å². The summed E-state index contributed by atoms with van der Waals surface area (Å²) in [5.41, 5.74) is 4.22. The second-order valence-electron chi connectivity index (χ2n) is 5.93. The molecule has 134 valence electrons. The van der Waals surface area contributed by atoms with Crippen LogP contribution in [0.1, 0.15) is 5.69 Å². The molecule has 27 heavy (non-hydrogen) atoms. The monoisotopic (exact) mass is 436 g/mol. The van der Waals surface area contributed by atoms with Crippen LogP contribution in [0.3, 0.4) is 0 Å². The summed E-state index contributed by atoms with van der Waals surface area (Å²) in [6, 6.07) is 18.2. The highest BCUT2D eigenvalue weighted by Crippen LogP contribution is 2.28. The molecule has 0 aliphatic rings. The number of hydrogen-bond donors (Lipinski definition) is 0. The topological polar surface area (TPSA) is 43.1 Å². The molecule has 0 amide bonds. The van der Waals surface area contributed by atoms with E-state index in [1.165, 1.54) is 0 Å². The van der Waals surface area contributed by atoms with E-state index in [-0.39, 0.29) is 0 Å². The third kappa shape index (κ3) is 4.23. The Balaban J connectivity index is 1.78. The number of nitrogens with zero attached hydrogens (tertiary/aromatic N) is 4. The Morgan fingerprint density at radius 2 is 1.89 bits per heavy atom. The molecule has 0 N–H and O–H groups in total. The number of rotatable bonds is 5. The molecule has 0 saturated carbocycles. The lowest BCUT2D eigenvalue weighted by atomic mass is 10.1. The second kappa shape index (κ2) is 8.41. The minimum absolute atomic E-state index is 0.802. The Bertz CT molecular complexity index is 1090. The van der Waals surface area contributed by atoms with E-state index in [1.807, 2.05) is 36.5 Å². The van der Waals surface area contributed by atoms with Crippen molar-refractivity contribution in [2.24, 2.45) is 4.99 Å². The molecule has 0 aliphatic carbocycles. The summed E-state index contributed by atoms with van der Waals surface area (Å²) < 4.78 is 3.33. The molecule has 0 bridgehead atoms. The van der Waals surface area contributed by atoms with Crippen LogP contribution in [0, 0.1) is 0 Å². The fourth-order valence-electron chi connectivity index (χ4n) is 2.82. The Morgan fingerprint density at radius 3 is 2.67 bits per heavy atom. The molecule has 0 radical (unpaired) electrons. The van der Waals surface area contributed by atoms with Gasteiger partial charge in [-0.25, -0.2) is 4.99 Å². The molecule has 1 aromatic carbocycles. The Labute approximate surface area is 170 Å². The van der Waals surface area contributed by atoms with Gasteiger partial charge < -0.3 is 4.57 Å². The lowest BCUT2D eigenvalue weighted by molar-refractivity contribution is 0.674. The van der Waals surface area contributed by atoms with Gasteiger partial charge in [-0.3, -0.25) is 9.97 Å². The van der Waals surface area contributed by atoms with Crippen molar-refractivity contribution in [2.75, 3.05) is 0 Å². The van der Waals surface area contributed by atoms with Gasteiger partial charge in [0.15, 0.2) is 4.80 Å². The number of thiazole rings is 1. The van der Waals surface area contributed by atoms with Gasteiger partial charge in [-0.1, -0.05) is 40.2 Å². The molecule has 0 aliphatic heterocycles. The minimum atomic E-state index is 0.802. The van der Waals surface area contributed by atoms with Crippen LogP contribution in [0.15, 0.2) is 88.0 Å². The average Bonchev–Trinajstić information content (AvgIpc) is 3.10. The molecule has 0 spiro atoms. The maximum atomic E-state index is 4.81. The molecule has 3 heterocycles. The van der Waals surface area contributed by atoms with Crippen molar-refractivity contribution < 1.29 is 0 Å². The van der Waals surface area contributed by atoms with E-state index in [2.05, 4.69) is 60.1 Å². The molecule has 4 rings (SSSR count). The summed E-state index contributed by atoms with van der Waals surface area (Å²) >= 11 is 5.31. The fraction of sp³-hybridized carbons (Fsp3) is 0.0952. The molecular formula is C21H17BrN4S. The number of pyridine rings is 2. The molecule has 0 saturated heterocycles. The van der Waals surface area contributed by atoms with Crippen molar-refractivity contribution in [2.45, 2.75) is 13.0 Å². The number of halogens is 1. The lowest BCUT2D eigenvalue weighted by Gasteiger charge is -2.10. The highest BCUT2D eigenvalue weighted by Gasteiger charge is 2.11. The van der Waals surface area contributed by atoms with E-state index >= 15 is 0 Å². The SMILES string of the molecule is Brc1ccccc1-c1csc(=Nc2cccnc2)n1CCc1ccccn1. The van der Waals surface area contributed by atoms with E-state index in [0.717, 1.165) is 44.9 Å². The highest BCUT2D eigenvalue weighted by atomic mass is 79.9. The van der Waals surface area contributed by atoms with Crippen molar-refractivity contribution in [3.63, 3.8) is 0 Å². The van der Waals surface area contributed by atoms with Gasteiger partial charge in [-0.15, -0.1) is 11.3 Å². The van der Waals surface area contributed by atoms with Crippen LogP contribution in [0.4, 0.5) is 5.69 Å². The van der Waals surface area contributed by atoms with Gasteiger partial charge in [-0.05, 0) is 30.3 Å². The Kier molecular flexibility index (Phi) is 5.55. The smallest absolute Gasteiger partial charge is 0.190 e. The van der Waals surface area contributed by atoms with E-state index in [1.54, 1.807) is 23.7 Å². The number of aryl methyl sites for hydroxylation is 1. The van der Waals surface area contributed by atoms with Crippen LogP contribution in [0.2, 0.25) is 0 Å². The van der Waals surface area contributed by atoms with E-state index in [9.17, 15) is 0 Å². The van der Waals surface area contributed by atoms with E-state index in [0.29, 0.717) is 0 Å². The molecule has 4 nitrogen and oxygen atoms in total. The van der Waals surface area contributed by atoms with Crippen molar-refractivity contribution in [3.8, 4) is 11.3 Å². The zero-order valence-electron chi connectivity index (χ0n) is 14.5. The zero-order valence-corrected chi connectivity index (χ0v) is 16.9. The maximum absolute atomic E-state index is 4.81. The maximum Gasteiger partial charge on any atom is 0.190 e. The Morgan fingerprint density at radius 1 is 1.00 bits per heavy atom. The Hall–Kier alpha value is -2.57. The third-order valence-electron chi connectivity index (χ3n) is 4.14. The first-order valence-corrected chi connectivity index (χ1v) is 10.3. The molecule has 3 aromatic heterocycles. The summed E-state index contributed by atoms with van der Waals surface area (Å²) in [7, 11) is 0. The third-order valence-corrected chi connectivity index (χ3v) is 5.69. The minimum Gasteiger partial charge on any atom is -0.316 e. The molecule has 0 atom stereocenters. The van der Waals surface area contributed by atoms with E-state index < -0.39 is 0 Å². The first-order valence-electron chi connectivity index (χ1n) is 8.59. The van der Waals surface area contributed by atoms with Crippen molar-refractivity contribution in [1.82, 2.24) is 14.5 Å². The summed E-state index contributed by atoms with van der Waals surface area (Å²) in [5, 5.41) is 2.16. The predicted octanol–water partition coefficient (Wildman–Crippen LogP) is 5.24. The zero-order chi connectivity index (χ0) is 18.5. The molecule has 0 fully saturated rings. The number of hydrogen-bond acceptors (Lipinski definition) is 4. The predicted molar refractivity (Wildman–Crippen MR) is 113 cm³/mol. The standard InChI is InChI=1S/C21H17BrN4S/c22-19-9-2-1-8-18(19)20-15-27-21(25-17-7-5-11-23-14-17)26(20)13-10-16-6-3-4-12-24-16/h1-9,11-12,14-15H,10,13H2. The highest BCUT2D eigenvalue weighted by molar-refractivity contribution is 9.10. The first kappa shape index (κ1) is 17.8. The average molecular weight is 437 g/mol. The fourth-order valence-corrected chi connectivity index (χ4v) is 4.26. The van der Waals surface area contributed by atoms with Crippen LogP contribution in [0.25, 0.3) is 11.3 Å². The number of aromatic nitrogens is 3. The summed E-state index contributed by atoms with van der Waals surface area (Å²) in [5.74, 6) is 0. The van der Waals surface area contributed by atoms with Crippen molar-refractivity contribution in [1.29, 1.82) is 0 Å². The van der Waals surface area contributed by atoms with Crippen LogP contribution >= 0.6 is 27.3 Å². The largest absolute Gasteiger partial charge is 0.316 e. The first-order chi connectivity index (χ1) is 13.3. The number of benzene rings is 1. The van der Waals surface area contributed by atoms with Gasteiger partial charge in [0, 0.05) is 46.5 Å². The molecule has 6 heteroatoms. The molecule has 0 unspecified atom stereocenters. The van der Waals surface area contributed by atoms with Crippen LogP contribution in [-0.2, 0) is 13.0 Å². The van der Waals surface area contributed by atoms with Gasteiger partial charge in [0.1, 0.15) is 0 Å².